The number of aryl methyl sites for hydroxylation is 1. The van der Waals surface area contributed by atoms with Crippen LogP contribution in [0.1, 0.15) is 19.2 Å². The van der Waals surface area contributed by atoms with Crippen molar-refractivity contribution in [1.82, 2.24) is 9.97 Å². The first-order chi connectivity index (χ1) is 7.11. The number of anilines is 2. The largest absolute Gasteiger partial charge is 0.373 e. The van der Waals surface area contributed by atoms with E-state index in [0.29, 0.717) is 0 Å². The van der Waals surface area contributed by atoms with Gasteiger partial charge in [-0.2, -0.15) is 0 Å². The first-order valence-corrected chi connectivity index (χ1v) is 5.14. The predicted molar refractivity (Wildman–Crippen MR) is 63.1 cm³/mol. The molecule has 0 bridgehead atoms. The normalized spacial score (nSPS) is 12.3. The van der Waals surface area contributed by atoms with Gasteiger partial charge in [0.25, 0.3) is 0 Å². The van der Waals surface area contributed by atoms with Crippen molar-refractivity contribution in [2.45, 2.75) is 26.3 Å². The molecular weight excluding hydrogens is 190 g/mol. The quantitative estimate of drug-likeness (QED) is 0.674. The Bertz CT molecular complexity index is 311. The van der Waals surface area contributed by atoms with Gasteiger partial charge in [-0.25, -0.2) is 9.97 Å². The topological polar surface area (TPSA) is 75.9 Å². The molecule has 1 aromatic heterocycles. The Morgan fingerprint density at radius 1 is 1.40 bits per heavy atom. The van der Waals surface area contributed by atoms with E-state index >= 15 is 0 Å². The van der Waals surface area contributed by atoms with Crippen LogP contribution in [0.4, 0.5) is 11.6 Å². The maximum atomic E-state index is 5.66. The summed E-state index contributed by atoms with van der Waals surface area (Å²) in [5.74, 6) is 2.42. The summed E-state index contributed by atoms with van der Waals surface area (Å²) in [6.45, 7) is 4.70. The molecule has 0 aliphatic rings. The summed E-state index contributed by atoms with van der Waals surface area (Å²) in [6, 6.07) is 2.10. The summed E-state index contributed by atoms with van der Waals surface area (Å²) in [6.07, 6.45) is 0.929. The lowest BCUT2D eigenvalue weighted by Crippen LogP contribution is -2.19. The van der Waals surface area contributed by atoms with Crippen LogP contribution < -0.4 is 16.4 Å². The second kappa shape index (κ2) is 5.50. The highest BCUT2D eigenvalue weighted by molar-refractivity contribution is 5.46. The smallest absolute Gasteiger partial charge is 0.131 e. The molecule has 0 radical (unpaired) electrons. The van der Waals surface area contributed by atoms with Gasteiger partial charge in [0, 0.05) is 25.7 Å². The van der Waals surface area contributed by atoms with Gasteiger partial charge >= 0.3 is 0 Å². The van der Waals surface area contributed by atoms with Crippen molar-refractivity contribution in [2.75, 3.05) is 24.2 Å². The van der Waals surface area contributed by atoms with Gasteiger partial charge in [-0.3, -0.25) is 0 Å². The fourth-order valence-corrected chi connectivity index (χ4v) is 1.21. The molecule has 4 N–H and O–H groups in total. The third kappa shape index (κ3) is 4.12. The van der Waals surface area contributed by atoms with Crippen LogP contribution in [0.3, 0.4) is 0 Å². The lowest BCUT2D eigenvalue weighted by molar-refractivity contribution is 0.689. The van der Waals surface area contributed by atoms with Crippen molar-refractivity contribution in [2.24, 2.45) is 5.73 Å². The standard InChI is InChI=1S/C10H19N5/c1-7(11)4-5-13-10-6-9(12-3)14-8(2)15-10/h6-7H,4-5,11H2,1-3H3,(H2,12,13,14,15). The minimum absolute atomic E-state index is 0.212. The number of aromatic nitrogens is 2. The fourth-order valence-electron chi connectivity index (χ4n) is 1.21. The van der Waals surface area contributed by atoms with Gasteiger partial charge in [0.1, 0.15) is 17.5 Å². The molecule has 1 rings (SSSR count). The van der Waals surface area contributed by atoms with Crippen molar-refractivity contribution in [3.63, 3.8) is 0 Å². The van der Waals surface area contributed by atoms with Crippen LogP contribution >= 0.6 is 0 Å². The minimum atomic E-state index is 0.212. The molecule has 1 unspecified atom stereocenters. The van der Waals surface area contributed by atoms with Crippen LogP contribution in [0.2, 0.25) is 0 Å². The second-order valence-corrected chi connectivity index (χ2v) is 3.63. The van der Waals surface area contributed by atoms with Gasteiger partial charge in [0.2, 0.25) is 0 Å². The monoisotopic (exact) mass is 209 g/mol. The van der Waals surface area contributed by atoms with Crippen LogP contribution in [0, 0.1) is 6.92 Å². The fraction of sp³-hybridized carbons (Fsp3) is 0.600. The number of rotatable bonds is 5. The third-order valence-corrected chi connectivity index (χ3v) is 2.00. The number of nitrogens with two attached hydrogens (primary N) is 1. The SMILES string of the molecule is CNc1cc(NCCC(C)N)nc(C)n1. The average Bonchev–Trinajstić information content (AvgIpc) is 2.16. The summed E-state index contributed by atoms with van der Waals surface area (Å²) >= 11 is 0. The van der Waals surface area contributed by atoms with Crippen molar-refractivity contribution in [3.05, 3.63) is 11.9 Å². The molecule has 1 aromatic rings. The molecule has 0 fully saturated rings. The molecule has 0 aliphatic heterocycles. The average molecular weight is 209 g/mol. The van der Waals surface area contributed by atoms with Gasteiger partial charge in [-0.05, 0) is 20.3 Å². The summed E-state index contributed by atoms with van der Waals surface area (Å²) in [4.78, 5) is 8.48. The maximum absolute atomic E-state index is 5.66. The Kier molecular flexibility index (Phi) is 4.30. The number of nitrogens with zero attached hydrogens (tertiary/aromatic N) is 2. The lowest BCUT2D eigenvalue weighted by Gasteiger charge is -2.09. The van der Waals surface area contributed by atoms with E-state index in [1.54, 1.807) is 0 Å². The van der Waals surface area contributed by atoms with Crippen molar-refractivity contribution in [1.29, 1.82) is 0 Å². The zero-order chi connectivity index (χ0) is 11.3. The zero-order valence-corrected chi connectivity index (χ0v) is 9.54. The second-order valence-electron chi connectivity index (χ2n) is 3.63. The number of nitrogens with one attached hydrogen (secondary N) is 2. The first kappa shape index (κ1) is 11.7. The zero-order valence-electron chi connectivity index (χ0n) is 9.54. The van der Waals surface area contributed by atoms with Crippen molar-refractivity contribution >= 4 is 11.6 Å². The molecule has 5 heteroatoms. The van der Waals surface area contributed by atoms with E-state index in [1.807, 2.05) is 27.0 Å². The summed E-state index contributed by atoms with van der Waals surface area (Å²) in [5, 5.41) is 6.21. The molecule has 0 saturated heterocycles. The Morgan fingerprint density at radius 3 is 2.67 bits per heavy atom. The Labute approximate surface area is 90.5 Å². The molecule has 0 aromatic carbocycles. The van der Waals surface area contributed by atoms with Gasteiger partial charge in [0.15, 0.2) is 0 Å². The molecule has 1 heterocycles. The molecule has 1 atom stereocenters. The minimum Gasteiger partial charge on any atom is -0.373 e. The molecule has 0 spiro atoms. The van der Waals surface area contributed by atoms with Crippen LogP contribution in [0.5, 0.6) is 0 Å². The molecule has 84 valence electrons. The molecule has 0 amide bonds. The maximum Gasteiger partial charge on any atom is 0.131 e. The third-order valence-electron chi connectivity index (χ3n) is 2.00. The van der Waals surface area contributed by atoms with E-state index in [9.17, 15) is 0 Å². The summed E-state index contributed by atoms with van der Waals surface area (Å²) < 4.78 is 0. The first-order valence-electron chi connectivity index (χ1n) is 5.14. The predicted octanol–water partition coefficient (Wildman–Crippen LogP) is 0.976. The molecule has 0 saturated carbocycles. The Morgan fingerprint density at radius 2 is 2.07 bits per heavy atom. The number of hydrogen-bond acceptors (Lipinski definition) is 5. The van der Waals surface area contributed by atoms with Crippen LogP contribution in [0.15, 0.2) is 6.07 Å². The van der Waals surface area contributed by atoms with Gasteiger partial charge in [0.05, 0.1) is 0 Å². The van der Waals surface area contributed by atoms with Crippen LogP contribution in [-0.4, -0.2) is 29.6 Å². The van der Waals surface area contributed by atoms with Gasteiger partial charge < -0.3 is 16.4 Å². The highest BCUT2D eigenvalue weighted by atomic mass is 15.1. The molecule has 5 nitrogen and oxygen atoms in total. The van der Waals surface area contributed by atoms with E-state index in [2.05, 4.69) is 20.6 Å². The van der Waals surface area contributed by atoms with Gasteiger partial charge in [-0.15, -0.1) is 0 Å². The van der Waals surface area contributed by atoms with E-state index < -0.39 is 0 Å². The Hall–Kier alpha value is -1.36. The van der Waals surface area contributed by atoms with E-state index in [4.69, 9.17) is 5.73 Å². The van der Waals surface area contributed by atoms with E-state index in [-0.39, 0.29) is 6.04 Å². The highest BCUT2D eigenvalue weighted by Gasteiger charge is 2.00. The molecular formula is C10H19N5. The summed E-state index contributed by atoms with van der Waals surface area (Å²) in [7, 11) is 1.84. The van der Waals surface area contributed by atoms with Crippen molar-refractivity contribution < 1.29 is 0 Å². The Balaban J connectivity index is 2.56. The highest BCUT2D eigenvalue weighted by Crippen LogP contribution is 2.10. The van der Waals surface area contributed by atoms with E-state index in [1.165, 1.54) is 0 Å². The summed E-state index contributed by atoms with van der Waals surface area (Å²) in [5.41, 5.74) is 5.66. The van der Waals surface area contributed by atoms with Crippen LogP contribution in [-0.2, 0) is 0 Å². The van der Waals surface area contributed by atoms with Gasteiger partial charge in [-0.1, -0.05) is 0 Å². The van der Waals surface area contributed by atoms with E-state index in [0.717, 1.165) is 30.4 Å². The number of hydrogen-bond donors (Lipinski definition) is 3. The van der Waals surface area contributed by atoms with Crippen LogP contribution in [0.25, 0.3) is 0 Å². The van der Waals surface area contributed by atoms with Crippen molar-refractivity contribution in [3.8, 4) is 0 Å². The molecule has 15 heavy (non-hydrogen) atoms. The lowest BCUT2D eigenvalue weighted by atomic mass is 10.2. The molecule has 0 aliphatic carbocycles.